The number of imide groups is 1. The Hall–Kier alpha value is -3.53. The van der Waals surface area contributed by atoms with E-state index in [2.05, 4.69) is 20.8 Å². The van der Waals surface area contributed by atoms with Crippen molar-refractivity contribution >= 4 is 29.2 Å². The summed E-state index contributed by atoms with van der Waals surface area (Å²) >= 11 is 1.59. The van der Waals surface area contributed by atoms with E-state index < -0.39 is 24.5 Å². The second-order valence-corrected chi connectivity index (χ2v) is 7.69. The summed E-state index contributed by atoms with van der Waals surface area (Å²) in [7, 11) is 0. The molecule has 3 aromatic rings. The summed E-state index contributed by atoms with van der Waals surface area (Å²) in [5.41, 5.74) is 1.91. The molecule has 0 aliphatic rings. The van der Waals surface area contributed by atoms with Crippen LogP contribution < -0.4 is 10.6 Å². The van der Waals surface area contributed by atoms with Crippen LogP contribution in [0.3, 0.4) is 0 Å². The van der Waals surface area contributed by atoms with Crippen LogP contribution in [0.4, 0.5) is 4.79 Å². The normalized spacial score (nSPS) is 10.5. The van der Waals surface area contributed by atoms with Gasteiger partial charge < -0.3 is 14.5 Å². The number of amides is 3. The van der Waals surface area contributed by atoms with Gasteiger partial charge in [0.05, 0.1) is 6.42 Å². The molecule has 0 bridgehead atoms. The smallest absolute Gasteiger partial charge is 0.321 e. The molecule has 0 aliphatic carbocycles. The fourth-order valence-corrected chi connectivity index (χ4v) is 3.26. The van der Waals surface area contributed by atoms with Crippen molar-refractivity contribution in [3.05, 3.63) is 58.1 Å². The van der Waals surface area contributed by atoms with E-state index in [1.807, 2.05) is 48.7 Å². The average Bonchev–Trinajstić information content (AvgIpc) is 3.43. The largest absolute Gasteiger partial charge is 0.456 e. The summed E-state index contributed by atoms with van der Waals surface area (Å²) in [6, 6.07) is 10.9. The number of nitrogens with zero attached hydrogens (tertiary/aromatic N) is 2. The number of thiophene rings is 1. The summed E-state index contributed by atoms with van der Waals surface area (Å²) in [4.78, 5) is 36.4. The number of carbonyl (C=O) groups is 3. The molecule has 2 aromatic heterocycles. The van der Waals surface area contributed by atoms with Gasteiger partial charge in [0.25, 0.3) is 5.91 Å². The highest BCUT2D eigenvalue weighted by molar-refractivity contribution is 7.09. The maximum atomic E-state index is 11.8. The van der Waals surface area contributed by atoms with E-state index in [1.165, 1.54) is 0 Å². The van der Waals surface area contributed by atoms with E-state index in [0.29, 0.717) is 24.7 Å². The molecule has 0 saturated heterocycles. The summed E-state index contributed by atoms with van der Waals surface area (Å²) < 4.78 is 10.4. The van der Waals surface area contributed by atoms with E-state index >= 15 is 0 Å². The molecule has 0 fully saturated rings. The van der Waals surface area contributed by atoms with Gasteiger partial charge in [0.2, 0.25) is 11.8 Å². The molecular weight excluding hydrogens is 420 g/mol. The lowest BCUT2D eigenvalue weighted by Gasteiger charge is -2.07. The molecule has 0 spiro atoms. The minimum Gasteiger partial charge on any atom is -0.456 e. The van der Waals surface area contributed by atoms with Crippen molar-refractivity contribution in [2.24, 2.45) is 0 Å². The molecule has 0 saturated carbocycles. The molecule has 31 heavy (non-hydrogen) atoms. The van der Waals surface area contributed by atoms with Gasteiger partial charge in [-0.3, -0.25) is 14.9 Å². The number of hydrogen-bond acceptors (Lipinski definition) is 8. The molecule has 2 heterocycles. The number of aryl methyl sites for hydroxylation is 2. The first kappa shape index (κ1) is 22.2. The van der Waals surface area contributed by atoms with Gasteiger partial charge in [-0.15, -0.1) is 21.5 Å². The van der Waals surface area contributed by atoms with Crippen molar-refractivity contribution in [2.45, 2.75) is 26.2 Å². The molecule has 162 valence electrons. The Morgan fingerprint density at radius 3 is 2.65 bits per heavy atom. The number of ether oxygens (including phenoxy) is 1. The number of aromatic nitrogens is 2. The molecule has 0 unspecified atom stereocenters. The summed E-state index contributed by atoms with van der Waals surface area (Å²) in [5.74, 6) is -0.653. The van der Waals surface area contributed by atoms with Crippen LogP contribution in [0.25, 0.3) is 11.5 Å². The second-order valence-electron chi connectivity index (χ2n) is 6.66. The number of rotatable bonds is 9. The Labute approximate surface area is 182 Å². The zero-order chi connectivity index (χ0) is 22.1. The van der Waals surface area contributed by atoms with Gasteiger partial charge >= 0.3 is 12.0 Å². The van der Waals surface area contributed by atoms with Crippen molar-refractivity contribution in [1.29, 1.82) is 0 Å². The fourth-order valence-electron chi connectivity index (χ4n) is 2.56. The second kappa shape index (κ2) is 11.0. The van der Waals surface area contributed by atoms with Crippen LogP contribution in [0.2, 0.25) is 0 Å². The van der Waals surface area contributed by atoms with Gasteiger partial charge in [-0.05, 0) is 36.9 Å². The van der Waals surface area contributed by atoms with Gasteiger partial charge in [0, 0.05) is 23.4 Å². The molecule has 10 heteroatoms. The minimum atomic E-state index is -0.707. The van der Waals surface area contributed by atoms with Gasteiger partial charge in [0.15, 0.2) is 6.61 Å². The third kappa shape index (κ3) is 7.34. The van der Waals surface area contributed by atoms with Crippen LogP contribution in [-0.2, 0) is 27.2 Å². The quantitative estimate of drug-likeness (QED) is 0.488. The highest BCUT2D eigenvalue weighted by Crippen LogP contribution is 2.18. The standard InChI is InChI=1S/C21H22N4O5S/c1-14-4-6-15(7-5-14)20-25-24-18(30-20)8-9-19(27)29-13-17(26)23-21(28)22-11-10-16-3-2-12-31-16/h2-7,12H,8-11,13H2,1H3,(H2,22,23,26,28). The highest BCUT2D eigenvalue weighted by atomic mass is 32.1. The predicted molar refractivity (Wildman–Crippen MR) is 113 cm³/mol. The van der Waals surface area contributed by atoms with Crippen LogP contribution in [0, 0.1) is 6.92 Å². The molecule has 9 nitrogen and oxygen atoms in total. The Bertz CT molecular complexity index is 1010. The first-order valence-corrected chi connectivity index (χ1v) is 10.5. The lowest BCUT2D eigenvalue weighted by atomic mass is 10.1. The number of esters is 1. The van der Waals surface area contributed by atoms with E-state index in [0.717, 1.165) is 16.0 Å². The molecule has 0 atom stereocenters. The average molecular weight is 442 g/mol. The van der Waals surface area contributed by atoms with Crippen molar-refractivity contribution < 1.29 is 23.5 Å². The van der Waals surface area contributed by atoms with E-state index in [4.69, 9.17) is 9.15 Å². The van der Waals surface area contributed by atoms with Gasteiger partial charge in [-0.25, -0.2) is 4.79 Å². The molecule has 0 radical (unpaired) electrons. The molecule has 1 aromatic carbocycles. The zero-order valence-corrected chi connectivity index (χ0v) is 17.7. The lowest BCUT2D eigenvalue weighted by molar-refractivity contribution is -0.148. The lowest BCUT2D eigenvalue weighted by Crippen LogP contribution is -2.42. The first-order valence-electron chi connectivity index (χ1n) is 9.64. The van der Waals surface area contributed by atoms with Crippen molar-refractivity contribution in [3.8, 4) is 11.5 Å². The fraction of sp³-hybridized carbons (Fsp3) is 0.286. The van der Waals surface area contributed by atoms with Gasteiger partial charge in [-0.1, -0.05) is 23.8 Å². The SMILES string of the molecule is Cc1ccc(-c2nnc(CCC(=O)OCC(=O)NC(=O)NCCc3cccs3)o2)cc1. The molecule has 2 N–H and O–H groups in total. The highest BCUT2D eigenvalue weighted by Gasteiger charge is 2.13. The molecule has 3 amide bonds. The maximum Gasteiger partial charge on any atom is 0.321 e. The number of nitrogens with one attached hydrogen (secondary N) is 2. The Morgan fingerprint density at radius 1 is 1.10 bits per heavy atom. The van der Waals surface area contributed by atoms with E-state index in [-0.39, 0.29) is 12.8 Å². The van der Waals surface area contributed by atoms with Crippen LogP contribution in [0.1, 0.15) is 22.8 Å². The maximum absolute atomic E-state index is 11.8. The summed E-state index contributed by atoms with van der Waals surface area (Å²) in [5, 5.41) is 14.5. The number of benzene rings is 1. The predicted octanol–water partition coefficient (Wildman–Crippen LogP) is 2.65. The Kier molecular flexibility index (Phi) is 7.88. The first-order chi connectivity index (χ1) is 15.0. The van der Waals surface area contributed by atoms with Crippen LogP contribution in [0.15, 0.2) is 46.2 Å². The third-order valence-electron chi connectivity index (χ3n) is 4.16. The minimum absolute atomic E-state index is 0.0319. The van der Waals surface area contributed by atoms with E-state index in [9.17, 15) is 14.4 Å². The van der Waals surface area contributed by atoms with Crippen molar-refractivity contribution in [3.63, 3.8) is 0 Å². The number of hydrogen-bond donors (Lipinski definition) is 2. The van der Waals surface area contributed by atoms with Crippen molar-refractivity contribution in [2.75, 3.05) is 13.2 Å². The summed E-state index contributed by atoms with van der Waals surface area (Å²) in [6.07, 6.45) is 0.827. The molecule has 3 rings (SSSR count). The summed E-state index contributed by atoms with van der Waals surface area (Å²) in [6.45, 7) is 1.83. The zero-order valence-electron chi connectivity index (χ0n) is 16.9. The van der Waals surface area contributed by atoms with Crippen LogP contribution >= 0.6 is 11.3 Å². The Balaban J connectivity index is 1.32. The number of carbonyl (C=O) groups excluding carboxylic acids is 3. The van der Waals surface area contributed by atoms with Gasteiger partial charge in [0.1, 0.15) is 0 Å². The number of urea groups is 1. The monoisotopic (exact) mass is 442 g/mol. The van der Waals surface area contributed by atoms with Crippen LogP contribution in [-0.4, -0.2) is 41.3 Å². The van der Waals surface area contributed by atoms with E-state index in [1.54, 1.807) is 11.3 Å². The molecular formula is C21H22N4O5S. The topological polar surface area (TPSA) is 123 Å². The molecule has 0 aliphatic heterocycles. The Morgan fingerprint density at radius 2 is 1.90 bits per heavy atom. The van der Waals surface area contributed by atoms with Gasteiger partial charge in [-0.2, -0.15) is 0 Å². The van der Waals surface area contributed by atoms with Crippen LogP contribution in [0.5, 0.6) is 0 Å². The van der Waals surface area contributed by atoms with Crippen molar-refractivity contribution in [1.82, 2.24) is 20.8 Å². The third-order valence-corrected chi connectivity index (χ3v) is 5.10.